The van der Waals surface area contributed by atoms with Gasteiger partial charge < -0.3 is 10.1 Å². The Kier molecular flexibility index (Phi) is 5.51. The fourth-order valence-corrected chi connectivity index (χ4v) is 1.35. The highest BCUT2D eigenvalue weighted by atomic mass is 16.5. The minimum Gasteiger partial charge on any atom is -0.385 e. The van der Waals surface area contributed by atoms with Gasteiger partial charge in [0.1, 0.15) is 0 Å². The summed E-state index contributed by atoms with van der Waals surface area (Å²) in [5.41, 5.74) is 0.377. The first-order valence-corrected chi connectivity index (χ1v) is 4.66. The predicted molar refractivity (Wildman–Crippen MR) is 53.4 cm³/mol. The zero-order chi connectivity index (χ0) is 9.61. The Hall–Kier alpha value is -0.0800. The molecule has 0 rings (SSSR count). The van der Waals surface area contributed by atoms with Crippen LogP contribution in [0.25, 0.3) is 0 Å². The molecule has 0 heterocycles. The quantitative estimate of drug-likeness (QED) is 0.685. The molecule has 0 aromatic rings. The van der Waals surface area contributed by atoms with Crippen molar-refractivity contribution in [3.8, 4) is 0 Å². The number of hydrogen-bond donors (Lipinski definition) is 1. The zero-order valence-electron chi connectivity index (χ0n) is 9.11. The van der Waals surface area contributed by atoms with Crippen molar-refractivity contribution in [3.63, 3.8) is 0 Å². The molecule has 0 saturated heterocycles. The molecule has 2 nitrogen and oxygen atoms in total. The van der Waals surface area contributed by atoms with Crippen LogP contribution >= 0.6 is 0 Å². The van der Waals surface area contributed by atoms with Gasteiger partial charge in [-0.15, -0.1) is 0 Å². The van der Waals surface area contributed by atoms with Gasteiger partial charge in [0.25, 0.3) is 0 Å². The third kappa shape index (κ3) is 4.73. The molecule has 0 aliphatic heterocycles. The molecule has 0 aliphatic carbocycles. The van der Waals surface area contributed by atoms with Crippen LogP contribution in [0.1, 0.15) is 27.2 Å². The first kappa shape index (κ1) is 11.9. The van der Waals surface area contributed by atoms with Gasteiger partial charge in [0.05, 0.1) is 0 Å². The second-order valence-corrected chi connectivity index (χ2v) is 4.40. The molecule has 0 aliphatic rings. The Morgan fingerprint density at radius 2 is 1.92 bits per heavy atom. The minimum atomic E-state index is 0.377. The average molecular weight is 173 g/mol. The molecule has 74 valence electrons. The topological polar surface area (TPSA) is 21.3 Å². The Bertz CT molecular complexity index is 107. The van der Waals surface area contributed by atoms with Crippen LogP contribution in [0.15, 0.2) is 0 Å². The van der Waals surface area contributed by atoms with Gasteiger partial charge in [0.2, 0.25) is 0 Å². The number of rotatable bonds is 5. The molecule has 0 aromatic heterocycles. The summed E-state index contributed by atoms with van der Waals surface area (Å²) in [6, 6.07) is 0. The lowest BCUT2D eigenvalue weighted by molar-refractivity contribution is 0.136. The molecule has 1 unspecified atom stereocenters. The van der Waals surface area contributed by atoms with Crippen LogP contribution < -0.4 is 5.32 Å². The second-order valence-electron chi connectivity index (χ2n) is 4.40. The summed E-state index contributed by atoms with van der Waals surface area (Å²) in [6.45, 7) is 8.79. The molecule has 0 fully saturated rings. The number of ether oxygens (including phenoxy) is 1. The Labute approximate surface area is 76.7 Å². The number of hydrogen-bond acceptors (Lipinski definition) is 2. The van der Waals surface area contributed by atoms with E-state index in [1.807, 2.05) is 7.05 Å². The van der Waals surface area contributed by atoms with Gasteiger partial charge in [-0.25, -0.2) is 0 Å². The van der Waals surface area contributed by atoms with E-state index < -0.39 is 0 Å². The lowest BCUT2D eigenvalue weighted by Crippen LogP contribution is -2.30. The van der Waals surface area contributed by atoms with E-state index in [2.05, 4.69) is 26.1 Å². The summed E-state index contributed by atoms with van der Waals surface area (Å²) < 4.78 is 5.09. The number of nitrogens with one attached hydrogen (secondary N) is 1. The van der Waals surface area contributed by atoms with E-state index in [0.717, 1.165) is 19.6 Å². The normalized spacial score (nSPS) is 14.8. The van der Waals surface area contributed by atoms with Crippen molar-refractivity contribution in [2.24, 2.45) is 11.3 Å². The third-order valence-electron chi connectivity index (χ3n) is 2.35. The molecule has 2 heteroatoms. The van der Waals surface area contributed by atoms with Crippen LogP contribution in [-0.4, -0.2) is 27.3 Å². The second kappa shape index (κ2) is 5.55. The highest BCUT2D eigenvalue weighted by molar-refractivity contribution is 4.75. The average Bonchev–Trinajstić information content (AvgIpc) is 1.95. The van der Waals surface area contributed by atoms with E-state index in [-0.39, 0.29) is 0 Å². The highest BCUT2D eigenvalue weighted by Gasteiger charge is 2.23. The Morgan fingerprint density at radius 3 is 2.25 bits per heavy atom. The van der Waals surface area contributed by atoms with Crippen LogP contribution in [-0.2, 0) is 4.74 Å². The molecule has 1 atom stereocenters. The van der Waals surface area contributed by atoms with Crippen molar-refractivity contribution in [1.29, 1.82) is 0 Å². The fourth-order valence-electron chi connectivity index (χ4n) is 1.35. The first-order chi connectivity index (χ1) is 5.52. The van der Waals surface area contributed by atoms with Crippen molar-refractivity contribution < 1.29 is 4.74 Å². The summed E-state index contributed by atoms with van der Waals surface area (Å²) in [6.07, 6.45) is 1.14. The van der Waals surface area contributed by atoms with E-state index in [1.54, 1.807) is 7.11 Å². The minimum absolute atomic E-state index is 0.377. The van der Waals surface area contributed by atoms with E-state index in [0.29, 0.717) is 11.3 Å². The van der Waals surface area contributed by atoms with Crippen LogP contribution in [0, 0.1) is 11.3 Å². The summed E-state index contributed by atoms with van der Waals surface area (Å²) in [5.74, 6) is 0.697. The highest BCUT2D eigenvalue weighted by Crippen LogP contribution is 2.27. The predicted octanol–water partition coefficient (Wildman–Crippen LogP) is 1.90. The molecular weight excluding hydrogens is 150 g/mol. The summed E-state index contributed by atoms with van der Waals surface area (Å²) >= 11 is 0. The first-order valence-electron chi connectivity index (χ1n) is 4.66. The van der Waals surface area contributed by atoms with Gasteiger partial charge in [0.15, 0.2) is 0 Å². The lowest BCUT2D eigenvalue weighted by Gasteiger charge is -2.30. The molecule has 0 bridgehead atoms. The maximum Gasteiger partial charge on any atom is 0.0465 e. The van der Waals surface area contributed by atoms with Crippen molar-refractivity contribution in [1.82, 2.24) is 5.32 Å². The van der Waals surface area contributed by atoms with E-state index in [9.17, 15) is 0 Å². The standard InChI is InChI=1S/C10H23NO/c1-10(2,3)9(8-11-4)6-7-12-5/h9,11H,6-8H2,1-5H3. The molecule has 0 aromatic carbocycles. The van der Waals surface area contributed by atoms with Gasteiger partial charge in [0, 0.05) is 13.7 Å². The maximum absolute atomic E-state index is 5.09. The maximum atomic E-state index is 5.09. The van der Waals surface area contributed by atoms with E-state index in [1.165, 1.54) is 0 Å². The molecule has 1 N–H and O–H groups in total. The molecule has 0 saturated carbocycles. The molecule has 0 radical (unpaired) electrons. The fraction of sp³-hybridized carbons (Fsp3) is 1.00. The summed E-state index contributed by atoms with van der Waals surface area (Å²) in [4.78, 5) is 0. The molecule has 0 spiro atoms. The van der Waals surface area contributed by atoms with Gasteiger partial charge >= 0.3 is 0 Å². The van der Waals surface area contributed by atoms with Crippen molar-refractivity contribution in [2.45, 2.75) is 27.2 Å². The Morgan fingerprint density at radius 1 is 1.33 bits per heavy atom. The largest absolute Gasteiger partial charge is 0.385 e. The SMILES string of the molecule is CNCC(CCOC)C(C)(C)C. The Balaban J connectivity index is 3.86. The number of methoxy groups -OCH3 is 1. The zero-order valence-corrected chi connectivity index (χ0v) is 9.11. The van der Waals surface area contributed by atoms with Crippen molar-refractivity contribution >= 4 is 0 Å². The third-order valence-corrected chi connectivity index (χ3v) is 2.35. The monoisotopic (exact) mass is 173 g/mol. The van der Waals surface area contributed by atoms with Crippen LogP contribution in [0.3, 0.4) is 0 Å². The van der Waals surface area contributed by atoms with Crippen molar-refractivity contribution in [3.05, 3.63) is 0 Å². The van der Waals surface area contributed by atoms with Crippen LogP contribution in [0.4, 0.5) is 0 Å². The van der Waals surface area contributed by atoms with Gasteiger partial charge in [-0.1, -0.05) is 20.8 Å². The molecule has 0 amide bonds. The van der Waals surface area contributed by atoms with Gasteiger partial charge in [-0.3, -0.25) is 0 Å². The lowest BCUT2D eigenvalue weighted by atomic mass is 9.79. The van der Waals surface area contributed by atoms with E-state index in [4.69, 9.17) is 4.74 Å². The van der Waals surface area contributed by atoms with Gasteiger partial charge in [-0.05, 0) is 31.3 Å². The van der Waals surface area contributed by atoms with E-state index >= 15 is 0 Å². The molecule has 12 heavy (non-hydrogen) atoms. The van der Waals surface area contributed by atoms with Crippen molar-refractivity contribution in [2.75, 3.05) is 27.3 Å². The van der Waals surface area contributed by atoms with Gasteiger partial charge in [-0.2, -0.15) is 0 Å². The smallest absolute Gasteiger partial charge is 0.0465 e. The molecular formula is C10H23NO. The van der Waals surface area contributed by atoms with Crippen LogP contribution in [0.2, 0.25) is 0 Å². The van der Waals surface area contributed by atoms with Crippen LogP contribution in [0.5, 0.6) is 0 Å². The summed E-state index contributed by atoms with van der Waals surface area (Å²) in [7, 11) is 3.77. The summed E-state index contributed by atoms with van der Waals surface area (Å²) in [5, 5.41) is 3.23.